The van der Waals surface area contributed by atoms with Crippen molar-refractivity contribution in [3.8, 4) is 33.4 Å². The molecule has 54 heavy (non-hydrogen) atoms. The Kier molecular flexibility index (Phi) is 8.77. The Labute approximate surface area is 319 Å². The van der Waals surface area contributed by atoms with Gasteiger partial charge in [0, 0.05) is 22.5 Å². The van der Waals surface area contributed by atoms with Crippen molar-refractivity contribution in [2.75, 3.05) is 4.90 Å². The Morgan fingerprint density at radius 3 is 1.41 bits per heavy atom. The number of nitrogens with zero attached hydrogens (tertiary/aromatic N) is 1. The monoisotopic (exact) mass is 693 g/mol. The van der Waals surface area contributed by atoms with Crippen LogP contribution in [0.25, 0.3) is 56.3 Å². The molecular weight excluding hydrogens is 651 g/mol. The molecule has 0 fully saturated rings. The fourth-order valence-corrected chi connectivity index (χ4v) is 8.74. The maximum absolute atomic E-state index is 2.46. The highest BCUT2D eigenvalue weighted by Gasteiger charge is 2.41. The molecule has 0 radical (unpaired) electrons. The van der Waals surface area contributed by atoms with Gasteiger partial charge >= 0.3 is 0 Å². The maximum Gasteiger partial charge on any atom is 0.0465 e. The molecule has 0 N–H and O–H groups in total. The fourth-order valence-electron chi connectivity index (χ4n) is 8.74. The average Bonchev–Trinajstić information content (AvgIpc) is 3.52. The summed E-state index contributed by atoms with van der Waals surface area (Å²) in [6, 6.07) is 68.6. The van der Waals surface area contributed by atoms with Crippen molar-refractivity contribution in [3.63, 3.8) is 0 Å². The fraction of sp³-hybridized carbons (Fsp3) is 0.0943. The lowest BCUT2D eigenvalue weighted by atomic mass is 9.73. The van der Waals surface area contributed by atoms with Crippen LogP contribution in [0.3, 0.4) is 0 Å². The number of hydrogen-bond acceptors (Lipinski definition) is 1. The predicted octanol–water partition coefficient (Wildman–Crippen LogP) is 14.9. The van der Waals surface area contributed by atoms with Gasteiger partial charge in [0.2, 0.25) is 0 Å². The lowest BCUT2D eigenvalue weighted by Crippen LogP contribution is -2.23. The van der Waals surface area contributed by atoms with E-state index >= 15 is 0 Å². The van der Waals surface area contributed by atoms with E-state index in [1.54, 1.807) is 0 Å². The van der Waals surface area contributed by atoms with Crippen LogP contribution in [-0.4, -0.2) is 0 Å². The van der Waals surface area contributed by atoms with Gasteiger partial charge in [0.25, 0.3) is 0 Å². The van der Waals surface area contributed by atoms with Crippen LogP contribution >= 0.6 is 0 Å². The standard InChI is InChI=1S/C53H43N/c1-3-53(4-2)51-36-39(28-32-49(51)50-33-31-44(37-52(50)53)54(42-18-10-6-11-19-42)43-20-12-7-13-21-43)25-24-38-26-29-41(30-27-38)46-35-34-45(40-16-8-5-9-17-40)47-22-14-15-23-48(46)47/h5-37H,3-4H2,1-2H3/b25-24+. The van der Waals surface area contributed by atoms with E-state index in [2.05, 4.69) is 219 Å². The van der Waals surface area contributed by atoms with Gasteiger partial charge < -0.3 is 4.90 Å². The molecular formula is C53H43N. The highest BCUT2D eigenvalue weighted by molar-refractivity contribution is 6.05. The Morgan fingerprint density at radius 2 is 0.833 bits per heavy atom. The van der Waals surface area contributed by atoms with Crippen LogP contribution in [0, 0.1) is 0 Å². The second kappa shape index (κ2) is 14.2. The van der Waals surface area contributed by atoms with Crippen LogP contribution in [0.5, 0.6) is 0 Å². The number of anilines is 3. The molecule has 0 heterocycles. The summed E-state index contributed by atoms with van der Waals surface area (Å²) in [6.45, 7) is 4.70. The van der Waals surface area contributed by atoms with E-state index in [0.29, 0.717) is 0 Å². The van der Waals surface area contributed by atoms with Gasteiger partial charge in [-0.05, 0) is 116 Å². The van der Waals surface area contributed by atoms with Crippen LogP contribution < -0.4 is 4.90 Å². The van der Waals surface area contributed by atoms with Crippen molar-refractivity contribution in [2.45, 2.75) is 32.1 Å². The summed E-state index contributed by atoms with van der Waals surface area (Å²) < 4.78 is 0. The van der Waals surface area contributed by atoms with E-state index in [4.69, 9.17) is 0 Å². The van der Waals surface area contributed by atoms with Gasteiger partial charge in [-0.2, -0.15) is 0 Å². The first kappa shape index (κ1) is 33.4. The normalized spacial score (nSPS) is 12.9. The highest BCUT2D eigenvalue weighted by atomic mass is 15.1. The number of para-hydroxylation sites is 2. The molecule has 1 aliphatic carbocycles. The minimum absolute atomic E-state index is 0.0515. The van der Waals surface area contributed by atoms with E-state index < -0.39 is 0 Å². The van der Waals surface area contributed by atoms with E-state index in [0.717, 1.165) is 24.2 Å². The minimum atomic E-state index is -0.0515. The molecule has 0 aromatic heterocycles. The zero-order chi connectivity index (χ0) is 36.5. The molecule has 0 saturated heterocycles. The second-order valence-corrected chi connectivity index (χ2v) is 14.4. The molecule has 0 saturated carbocycles. The van der Waals surface area contributed by atoms with Gasteiger partial charge in [0.15, 0.2) is 0 Å². The molecule has 0 unspecified atom stereocenters. The van der Waals surface area contributed by atoms with E-state index in [1.807, 2.05) is 0 Å². The topological polar surface area (TPSA) is 3.24 Å². The Balaban J connectivity index is 1.02. The molecule has 1 aliphatic rings. The molecule has 1 heteroatoms. The second-order valence-electron chi connectivity index (χ2n) is 14.4. The van der Waals surface area contributed by atoms with Crippen LogP contribution in [0.4, 0.5) is 17.1 Å². The van der Waals surface area contributed by atoms with Crippen LogP contribution in [0.15, 0.2) is 188 Å². The SMILES string of the molecule is CCC1(CC)c2cc(/C=C/c3ccc(-c4ccc(-c5ccccc5)c5ccccc45)cc3)ccc2-c2ccc(N(c3ccccc3)c3ccccc3)cc21. The molecule has 8 aromatic carbocycles. The van der Waals surface area contributed by atoms with E-state index in [9.17, 15) is 0 Å². The molecule has 0 bridgehead atoms. The van der Waals surface area contributed by atoms with Crippen molar-refractivity contribution in [1.29, 1.82) is 0 Å². The van der Waals surface area contributed by atoms with Gasteiger partial charge in [0.05, 0.1) is 0 Å². The first-order valence-corrected chi connectivity index (χ1v) is 19.2. The molecule has 1 nitrogen and oxygen atoms in total. The zero-order valence-electron chi connectivity index (χ0n) is 30.9. The van der Waals surface area contributed by atoms with Crippen molar-refractivity contribution >= 4 is 40.0 Å². The molecule has 0 spiro atoms. The van der Waals surface area contributed by atoms with Crippen molar-refractivity contribution in [1.82, 2.24) is 0 Å². The van der Waals surface area contributed by atoms with Crippen molar-refractivity contribution in [3.05, 3.63) is 210 Å². The van der Waals surface area contributed by atoms with Gasteiger partial charge in [0.1, 0.15) is 0 Å². The number of rotatable bonds is 9. The lowest BCUT2D eigenvalue weighted by molar-refractivity contribution is 0.490. The van der Waals surface area contributed by atoms with E-state index in [1.165, 1.54) is 72.1 Å². The summed E-state index contributed by atoms with van der Waals surface area (Å²) in [7, 11) is 0. The highest BCUT2D eigenvalue weighted by Crippen LogP contribution is 2.54. The first-order valence-electron chi connectivity index (χ1n) is 19.2. The minimum Gasteiger partial charge on any atom is -0.310 e. The summed E-state index contributed by atoms with van der Waals surface area (Å²) in [5.41, 5.74) is 16.5. The molecule has 0 aliphatic heterocycles. The zero-order valence-corrected chi connectivity index (χ0v) is 30.9. The van der Waals surface area contributed by atoms with Crippen LogP contribution in [0.2, 0.25) is 0 Å². The van der Waals surface area contributed by atoms with Gasteiger partial charge in [-0.25, -0.2) is 0 Å². The van der Waals surface area contributed by atoms with Crippen LogP contribution in [-0.2, 0) is 5.41 Å². The van der Waals surface area contributed by atoms with E-state index in [-0.39, 0.29) is 5.41 Å². The molecule has 0 atom stereocenters. The van der Waals surface area contributed by atoms with Gasteiger partial charge in [-0.1, -0.05) is 178 Å². The van der Waals surface area contributed by atoms with Gasteiger partial charge in [-0.15, -0.1) is 0 Å². The maximum atomic E-state index is 2.46. The Hall–Kier alpha value is -6.44. The Bertz CT molecular complexity index is 2560. The van der Waals surface area contributed by atoms with Gasteiger partial charge in [-0.3, -0.25) is 0 Å². The number of fused-ring (bicyclic) bond motifs is 4. The average molecular weight is 694 g/mol. The van der Waals surface area contributed by atoms with Crippen molar-refractivity contribution in [2.24, 2.45) is 0 Å². The largest absolute Gasteiger partial charge is 0.310 e. The third kappa shape index (κ3) is 5.83. The summed E-state index contributed by atoms with van der Waals surface area (Å²) >= 11 is 0. The lowest BCUT2D eigenvalue weighted by Gasteiger charge is -2.32. The summed E-state index contributed by atoms with van der Waals surface area (Å²) in [6.07, 6.45) is 6.61. The molecule has 260 valence electrons. The first-order chi connectivity index (χ1) is 26.7. The number of benzene rings is 8. The number of hydrogen-bond donors (Lipinski definition) is 0. The smallest absolute Gasteiger partial charge is 0.0465 e. The third-order valence-corrected chi connectivity index (χ3v) is 11.6. The molecule has 8 aromatic rings. The summed E-state index contributed by atoms with van der Waals surface area (Å²) in [4.78, 5) is 2.38. The summed E-state index contributed by atoms with van der Waals surface area (Å²) in [5.74, 6) is 0. The van der Waals surface area contributed by atoms with Crippen LogP contribution in [0.1, 0.15) is 48.9 Å². The third-order valence-electron chi connectivity index (χ3n) is 11.6. The Morgan fingerprint density at radius 1 is 0.389 bits per heavy atom. The van der Waals surface area contributed by atoms with Crippen molar-refractivity contribution < 1.29 is 0 Å². The summed E-state index contributed by atoms with van der Waals surface area (Å²) in [5, 5.41) is 2.55. The quantitative estimate of drug-likeness (QED) is 0.136. The molecule has 0 amide bonds. The molecule has 9 rings (SSSR count). The predicted molar refractivity (Wildman–Crippen MR) is 232 cm³/mol.